The van der Waals surface area contributed by atoms with Gasteiger partial charge >= 0.3 is 201 Å². The maximum atomic E-state index is 2.50. The molecule has 0 aromatic heterocycles. The van der Waals surface area contributed by atoms with E-state index in [-0.39, 0.29) is 37.2 Å². The summed E-state index contributed by atoms with van der Waals surface area (Å²) in [6.45, 7) is 11.3. The largest absolute Gasteiger partial charge is 1.00 e. The number of hydrogen-bond donors (Lipinski definition) is 0. The summed E-state index contributed by atoms with van der Waals surface area (Å²) in [5.74, 6) is 0.553. The molecule has 0 saturated carbocycles. The number of rotatable bonds is 5. The molecule has 1 aliphatic rings. The molecular formula is C29H31Cl3SiTi. The third-order valence-corrected chi connectivity index (χ3v) is 12.7. The fourth-order valence-corrected chi connectivity index (χ4v) is 12.1. The van der Waals surface area contributed by atoms with E-state index in [9.17, 15) is 0 Å². The van der Waals surface area contributed by atoms with Crippen LogP contribution >= 0.6 is 0 Å². The number of aryl methyl sites for hydroxylation is 3. The summed E-state index contributed by atoms with van der Waals surface area (Å²) in [6, 6.07) is 27.9. The Morgan fingerprint density at radius 2 is 1.06 bits per heavy atom. The van der Waals surface area contributed by atoms with Crippen LogP contribution in [-0.4, -0.2) is 8.07 Å². The Morgan fingerprint density at radius 3 is 1.35 bits per heavy atom. The molecule has 0 saturated heterocycles. The van der Waals surface area contributed by atoms with Crippen molar-refractivity contribution in [2.24, 2.45) is 5.92 Å². The molecule has 0 fully saturated rings. The van der Waals surface area contributed by atoms with E-state index in [0.29, 0.717) is 5.92 Å². The van der Waals surface area contributed by atoms with Gasteiger partial charge < -0.3 is 37.2 Å². The summed E-state index contributed by atoms with van der Waals surface area (Å²) in [6.07, 6.45) is 3.56. The third kappa shape index (κ3) is 5.67. The molecule has 4 rings (SSSR count). The summed E-state index contributed by atoms with van der Waals surface area (Å²) in [5.41, 5.74) is 5.54. The number of benzene rings is 3. The average Bonchev–Trinajstić information content (AvgIpc) is 3.11. The molecule has 0 unspecified atom stereocenters. The van der Waals surface area contributed by atoms with Crippen molar-refractivity contribution in [2.75, 3.05) is 0 Å². The Bertz CT molecular complexity index is 1090. The Hall–Kier alpha value is -1.06. The number of allylic oxidation sites excluding steroid dienone is 4. The molecule has 0 amide bonds. The second-order valence-corrected chi connectivity index (χ2v) is 13.8. The fourth-order valence-electron chi connectivity index (χ4n) is 5.11. The first kappa shape index (κ1) is 31.0. The zero-order valence-electron chi connectivity index (χ0n) is 20.4. The molecule has 34 heavy (non-hydrogen) atoms. The Kier molecular flexibility index (Phi) is 11.6. The normalized spacial score (nSPS) is 13.1. The van der Waals surface area contributed by atoms with Crippen molar-refractivity contribution in [3.8, 4) is 0 Å². The van der Waals surface area contributed by atoms with Crippen LogP contribution in [0.1, 0.15) is 37.0 Å². The third-order valence-electron chi connectivity index (χ3n) is 6.54. The van der Waals surface area contributed by atoms with Gasteiger partial charge in [-0.05, 0) is 0 Å². The van der Waals surface area contributed by atoms with Crippen molar-refractivity contribution in [1.82, 2.24) is 0 Å². The Morgan fingerprint density at radius 1 is 0.676 bits per heavy atom. The number of halogens is 3. The van der Waals surface area contributed by atoms with Gasteiger partial charge in [-0.2, -0.15) is 0 Å². The minimum absolute atomic E-state index is 0. The van der Waals surface area contributed by atoms with Crippen molar-refractivity contribution in [1.29, 1.82) is 0 Å². The fraction of sp³-hybridized carbons (Fsp3) is 0.241. The number of hydrogen-bond acceptors (Lipinski definition) is 0. The maximum absolute atomic E-state index is 2.50. The van der Waals surface area contributed by atoms with Gasteiger partial charge in [-0.3, -0.25) is 0 Å². The summed E-state index contributed by atoms with van der Waals surface area (Å²) < 4.78 is 1.52. The zero-order chi connectivity index (χ0) is 22.2. The molecule has 5 heteroatoms. The SMILES string of the molecule is Cc1cccc([Si](C2=[C]([Ti+3])C(C(C)C)=CC2)(c2cccc(C)c2)c2cccc(C)c2)c1.[Cl-].[Cl-].[Cl-]. The van der Waals surface area contributed by atoms with E-state index in [4.69, 9.17) is 0 Å². The molecule has 0 N–H and O–H groups in total. The van der Waals surface area contributed by atoms with Crippen molar-refractivity contribution in [3.63, 3.8) is 0 Å². The molecule has 0 radical (unpaired) electrons. The molecule has 0 aliphatic heterocycles. The molecule has 3 aromatic carbocycles. The monoisotopic (exact) mass is 560 g/mol. The standard InChI is InChI=1S/C29H31Si.3ClH.Ti/c1-21(2)25-15-16-29(20-25)30(26-12-6-9-22(3)17-26,27-13-7-10-23(4)18-27)28-14-8-11-24(5)19-28;;;;/h6-15,17-19,21H,16H2,1-5H3;3*1H;/q;;;;+3/p-3. The van der Waals surface area contributed by atoms with Gasteiger partial charge in [0.15, 0.2) is 0 Å². The van der Waals surface area contributed by atoms with Crippen molar-refractivity contribution >= 4 is 23.6 Å². The van der Waals surface area contributed by atoms with Gasteiger partial charge in [0.1, 0.15) is 0 Å². The molecule has 1 aliphatic carbocycles. The molecule has 3 aromatic rings. The van der Waals surface area contributed by atoms with E-state index >= 15 is 0 Å². The van der Waals surface area contributed by atoms with Crippen LogP contribution in [0.3, 0.4) is 0 Å². The van der Waals surface area contributed by atoms with Gasteiger partial charge in [0.05, 0.1) is 0 Å². The van der Waals surface area contributed by atoms with E-state index in [1.807, 2.05) is 0 Å². The zero-order valence-corrected chi connectivity index (χ0v) is 25.3. The molecule has 0 heterocycles. The topological polar surface area (TPSA) is 0 Å². The van der Waals surface area contributed by atoms with Crippen LogP contribution in [0, 0.1) is 26.7 Å². The predicted molar refractivity (Wildman–Crippen MR) is 133 cm³/mol. The summed E-state index contributed by atoms with van der Waals surface area (Å²) in [7, 11) is -2.41. The summed E-state index contributed by atoms with van der Waals surface area (Å²) in [5, 5.41) is 6.14. The van der Waals surface area contributed by atoms with Gasteiger partial charge in [0.2, 0.25) is 0 Å². The van der Waals surface area contributed by atoms with Gasteiger partial charge in [-0.25, -0.2) is 0 Å². The van der Waals surface area contributed by atoms with E-state index in [1.165, 1.54) is 41.7 Å². The molecule has 0 bridgehead atoms. The molecule has 176 valence electrons. The first-order chi connectivity index (χ1) is 14.8. The van der Waals surface area contributed by atoms with E-state index in [1.54, 1.807) is 5.20 Å². The van der Waals surface area contributed by atoms with Crippen LogP contribution in [0.2, 0.25) is 0 Å². The van der Waals surface area contributed by atoms with Crippen LogP contribution in [-0.2, 0) is 20.4 Å². The molecule has 0 spiro atoms. The van der Waals surface area contributed by atoms with Crippen LogP contribution in [0.4, 0.5) is 0 Å². The van der Waals surface area contributed by atoms with Crippen LogP contribution in [0.25, 0.3) is 0 Å². The van der Waals surface area contributed by atoms with E-state index < -0.39 is 8.07 Å². The predicted octanol–water partition coefficient (Wildman–Crippen LogP) is -3.58. The molecule has 0 atom stereocenters. The second-order valence-electron chi connectivity index (χ2n) is 9.23. The molecular weight excluding hydrogens is 531 g/mol. The van der Waals surface area contributed by atoms with Crippen LogP contribution < -0.4 is 52.8 Å². The average molecular weight is 562 g/mol. The summed E-state index contributed by atoms with van der Waals surface area (Å²) >= 11 is 2.37. The Balaban J connectivity index is 0.00000193. The van der Waals surface area contributed by atoms with E-state index in [2.05, 4.69) is 134 Å². The first-order valence-electron chi connectivity index (χ1n) is 11.2. The minimum atomic E-state index is -2.41. The minimum Gasteiger partial charge on any atom is -1.00 e. The quantitative estimate of drug-likeness (QED) is 0.223. The van der Waals surface area contributed by atoms with Crippen molar-refractivity contribution in [2.45, 2.75) is 41.0 Å². The smallest absolute Gasteiger partial charge is 1.00 e. The van der Waals surface area contributed by atoms with Gasteiger partial charge in [0, 0.05) is 0 Å². The second kappa shape index (κ2) is 12.8. The first-order valence-corrected chi connectivity index (χ1v) is 14.0. The van der Waals surface area contributed by atoms with E-state index in [0.717, 1.165) is 6.42 Å². The van der Waals surface area contributed by atoms with Crippen molar-refractivity contribution < 1.29 is 57.7 Å². The maximum Gasteiger partial charge on any atom is -1.00 e. The van der Waals surface area contributed by atoms with Crippen LogP contribution in [0.5, 0.6) is 0 Å². The van der Waals surface area contributed by atoms with Gasteiger partial charge in [-0.15, -0.1) is 0 Å². The van der Waals surface area contributed by atoms with Crippen molar-refractivity contribution in [3.05, 3.63) is 110 Å². The van der Waals surface area contributed by atoms with Crippen LogP contribution in [0.15, 0.2) is 93.5 Å². The summed E-state index contributed by atoms with van der Waals surface area (Å²) in [4.78, 5) is 0. The Labute approximate surface area is 237 Å². The molecule has 0 nitrogen and oxygen atoms in total. The van der Waals surface area contributed by atoms with Gasteiger partial charge in [-0.1, -0.05) is 0 Å². The van der Waals surface area contributed by atoms with Gasteiger partial charge in [0.25, 0.3) is 0 Å².